The van der Waals surface area contributed by atoms with Gasteiger partial charge in [-0.2, -0.15) is 5.26 Å². The van der Waals surface area contributed by atoms with Gasteiger partial charge in [-0.05, 0) is 18.2 Å². The van der Waals surface area contributed by atoms with Gasteiger partial charge in [0.15, 0.2) is 0 Å². The van der Waals surface area contributed by atoms with Crippen LogP contribution in [0, 0.1) is 11.3 Å². The van der Waals surface area contributed by atoms with Crippen LogP contribution in [0.25, 0.3) is 0 Å². The average Bonchev–Trinajstić information content (AvgIpc) is 2.18. The summed E-state index contributed by atoms with van der Waals surface area (Å²) in [7, 11) is -1.24. The van der Waals surface area contributed by atoms with Crippen LogP contribution >= 0.6 is 23.2 Å². The molecule has 1 aromatic carbocycles. The number of halogens is 2. The van der Waals surface area contributed by atoms with Crippen LogP contribution in [0.15, 0.2) is 23.1 Å². The molecule has 1 unspecified atom stereocenters. The molecule has 5 heteroatoms. The van der Waals surface area contributed by atoms with Crippen LogP contribution in [0.2, 0.25) is 10.0 Å². The molecule has 0 fully saturated rings. The van der Waals surface area contributed by atoms with Gasteiger partial charge in [-0.25, -0.2) is 0 Å². The molecular weight excluding hydrogens is 241 g/mol. The van der Waals surface area contributed by atoms with Gasteiger partial charge < -0.3 is 0 Å². The van der Waals surface area contributed by atoms with Crippen molar-refractivity contribution in [3.63, 3.8) is 0 Å². The van der Waals surface area contributed by atoms with Gasteiger partial charge in [-0.3, -0.25) is 4.21 Å². The summed E-state index contributed by atoms with van der Waals surface area (Å²) in [4.78, 5) is 0.495. The van der Waals surface area contributed by atoms with E-state index in [0.717, 1.165) is 0 Å². The Bertz CT molecular complexity index is 400. The predicted molar refractivity (Wildman–Crippen MR) is 58.0 cm³/mol. The Morgan fingerprint density at radius 2 is 2.14 bits per heavy atom. The van der Waals surface area contributed by atoms with Gasteiger partial charge in [0, 0.05) is 17.2 Å². The maximum Gasteiger partial charge on any atom is 0.0631 e. The molecule has 0 aliphatic heterocycles. The van der Waals surface area contributed by atoms with Crippen LogP contribution in [-0.2, 0) is 10.8 Å². The number of hydrogen-bond acceptors (Lipinski definition) is 2. The Morgan fingerprint density at radius 1 is 1.43 bits per heavy atom. The molecule has 0 amide bonds. The summed E-state index contributed by atoms with van der Waals surface area (Å²) in [6.45, 7) is 0. The quantitative estimate of drug-likeness (QED) is 0.824. The molecule has 0 saturated carbocycles. The second-order valence-corrected chi connectivity index (χ2v) is 4.92. The lowest BCUT2D eigenvalue weighted by Crippen LogP contribution is -1.97. The van der Waals surface area contributed by atoms with E-state index in [1.54, 1.807) is 18.2 Å². The minimum atomic E-state index is -1.24. The van der Waals surface area contributed by atoms with E-state index in [0.29, 0.717) is 14.9 Å². The van der Waals surface area contributed by atoms with Crippen LogP contribution < -0.4 is 0 Å². The fourth-order valence-corrected chi connectivity index (χ4v) is 2.55. The smallest absolute Gasteiger partial charge is 0.0631 e. The molecule has 0 bridgehead atoms. The van der Waals surface area contributed by atoms with Gasteiger partial charge in [0.25, 0.3) is 0 Å². The lowest BCUT2D eigenvalue weighted by atomic mass is 10.4. The Kier molecular flexibility index (Phi) is 4.40. The SMILES string of the molecule is N#CCCS(=O)c1cc(Cl)ccc1Cl. The van der Waals surface area contributed by atoms with Crippen molar-refractivity contribution < 1.29 is 4.21 Å². The van der Waals surface area contributed by atoms with Gasteiger partial charge in [0.2, 0.25) is 0 Å². The van der Waals surface area contributed by atoms with Gasteiger partial charge >= 0.3 is 0 Å². The van der Waals surface area contributed by atoms with E-state index in [9.17, 15) is 4.21 Å². The van der Waals surface area contributed by atoms with E-state index >= 15 is 0 Å². The zero-order chi connectivity index (χ0) is 10.6. The molecule has 0 aromatic heterocycles. The molecule has 0 saturated heterocycles. The Balaban J connectivity index is 2.90. The number of benzene rings is 1. The topological polar surface area (TPSA) is 40.9 Å². The second-order valence-electron chi connectivity index (χ2n) is 2.53. The summed E-state index contributed by atoms with van der Waals surface area (Å²) in [6.07, 6.45) is 0.245. The third kappa shape index (κ3) is 2.98. The first kappa shape index (κ1) is 11.5. The summed E-state index contributed by atoms with van der Waals surface area (Å²) < 4.78 is 11.6. The third-order valence-electron chi connectivity index (χ3n) is 1.54. The van der Waals surface area contributed by atoms with Crippen LogP contribution in [0.3, 0.4) is 0 Å². The highest BCUT2D eigenvalue weighted by atomic mass is 35.5. The Hall–Kier alpha value is -0.560. The van der Waals surface area contributed by atoms with Crippen molar-refractivity contribution in [2.75, 3.05) is 5.75 Å². The fourth-order valence-electron chi connectivity index (χ4n) is 0.900. The molecule has 0 heterocycles. The maximum atomic E-state index is 11.6. The molecule has 1 aromatic rings. The van der Waals surface area contributed by atoms with Gasteiger partial charge in [0.05, 0.1) is 26.8 Å². The Morgan fingerprint density at radius 3 is 2.79 bits per heavy atom. The van der Waals surface area contributed by atoms with Crippen LogP contribution in [-0.4, -0.2) is 9.96 Å². The molecular formula is C9H7Cl2NOS. The average molecular weight is 248 g/mol. The van der Waals surface area contributed by atoms with E-state index in [1.807, 2.05) is 6.07 Å². The van der Waals surface area contributed by atoms with Crippen LogP contribution in [0.5, 0.6) is 0 Å². The normalized spacial score (nSPS) is 12.1. The summed E-state index contributed by atoms with van der Waals surface area (Å²) >= 11 is 11.6. The molecule has 74 valence electrons. The Labute approximate surface area is 94.9 Å². The molecule has 0 aliphatic rings. The first-order valence-electron chi connectivity index (χ1n) is 3.85. The monoisotopic (exact) mass is 247 g/mol. The predicted octanol–water partition coefficient (Wildman–Crippen LogP) is 3.01. The van der Waals surface area contributed by atoms with Crippen molar-refractivity contribution in [3.8, 4) is 6.07 Å². The molecule has 0 aliphatic carbocycles. The minimum Gasteiger partial charge on any atom is -0.254 e. The highest BCUT2D eigenvalue weighted by Gasteiger charge is 2.08. The van der Waals surface area contributed by atoms with Crippen molar-refractivity contribution in [1.29, 1.82) is 5.26 Å². The molecule has 14 heavy (non-hydrogen) atoms. The number of nitriles is 1. The first-order chi connectivity index (χ1) is 6.65. The van der Waals surface area contributed by atoms with Gasteiger partial charge in [-0.1, -0.05) is 23.2 Å². The summed E-state index contributed by atoms with van der Waals surface area (Å²) in [5.74, 6) is 0.288. The van der Waals surface area contributed by atoms with Crippen molar-refractivity contribution in [2.24, 2.45) is 0 Å². The van der Waals surface area contributed by atoms with E-state index in [4.69, 9.17) is 28.5 Å². The van der Waals surface area contributed by atoms with Crippen molar-refractivity contribution in [1.82, 2.24) is 0 Å². The molecule has 0 N–H and O–H groups in total. The summed E-state index contributed by atoms with van der Waals surface area (Å²) in [5.41, 5.74) is 0. The first-order valence-corrected chi connectivity index (χ1v) is 5.93. The molecule has 0 spiro atoms. The van der Waals surface area contributed by atoms with Crippen LogP contribution in [0.1, 0.15) is 6.42 Å². The second kappa shape index (κ2) is 5.35. The minimum absolute atomic E-state index is 0.245. The van der Waals surface area contributed by atoms with E-state index in [1.165, 1.54) is 0 Å². The largest absolute Gasteiger partial charge is 0.254 e. The van der Waals surface area contributed by atoms with Crippen molar-refractivity contribution >= 4 is 34.0 Å². The lowest BCUT2D eigenvalue weighted by Gasteiger charge is -2.02. The van der Waals surface area contributed by atoms with E-state index < -0.39 is 10.8 Å². The number of hydrogen-bond donors (Lipinski definition) is 0. The standard InChI is InChI=1S/C9H7Cl2NOS/c10-7-2-3-8(11)9(6-7)14(13)5-1-4-12/h2-3,6H,1,5H2. The number of nitrogens with zero attached hydrogens (tertiary/aromatic N) is 1. The molecule has 1 rings (SSSR count). The zero-order valence-electron chi connectivity index (χ0n) is 7.17. The van der Waals surface area contributed by atoms with Gasteiger partial charge in [-0.15, -0.1) is 0 Å². The van der Waals surface area contributed by atoms with Gasteiger partial charge in [0.1, 0.15) is 0 Å². The van der Waals surface area contributed by atoms with Crippen molar-refractivity contribution in [2.45, 2.75) is 11.3 Å². The number of rotatable bonds is 3. The summed E-state index contributed by atoms with van der Waals surface area (Å²) in [5, 5.41) is 9.26. The highest BCUT2D eigenvalue weighted by molar-refractivity contribution is 7.85. The maximum absolute atomic E-state index is 11.6. The molecule has 1 atom stereocenters. The van der Waals surface area contributed by atoms with E-state index in [2.05, 4.69) is 0 Å². The lowest BCUT2D eigenvalue weighted by molar-refractivity contribution is 0.683. The van der Waals surface area contributed by atoms with E-state index in [-0.39, 0.29) is 12.2 Å². The fraction of sp³-hybridized carbons (Fsp3) is 0.222. The zero-order valence-corrected chi connectivity index (χ0v) is 9.49. The highest BCUT2D eigenvalue weighted by Crippen LogP contribution is 2.23. The third-order valence-corrected chi connectivity index (χ3v) is 3.62. The molecule has 2 nitrogen and oxygen atoms in total. The molecule has 0 radical (unpaired) electrons. The summed E-state index contributed by atoms with van der Waals surface area (Å²) in [6, 6.07) is 6.73. The van der Waals surface area contributed by atoms with Crippen LogP contribution in [0.4, 0.5) is 0 Å². The van der Waals surface area contributed by atoms with Crippen molar-refractivity contribution in [3.05, 3.63) is 28.2 Å².